The van der Waals surface area contributed by atoms with Crippen molar-refractivity contribution in [3.8, 4) is 16.9 Å². The van der Waals surface area contributed by atoms with Crippen LogP contribution in [-0.4, -0.2) is 53.6 Å². The molecule has 2 aromatic carbocycles. The third-order valence-electron chi connectivity index (χ3n) is 4.78. The zero-order valence-corrected chi connectivity index (χ0v) is 17.5. The van der Waals surface area contributed by atoms with Crippen LogP contribution in [0.25, 0.3) is 16.9 Å². The Bertz CT molecular complexity index is 1170. The molecule has 156 valence electrons. The number of aromatic nitrogens is 2. The lowest BCUT2D eigenvalue weighted by molar-refractivity contribution is 0.0766. The molecule has 3 aromatic rings. The number of halogens is 1. The Hall–Kier alpha value is -2.69. The van der Waals surface area contributed by atoms with Crippen LogP contribution in [0.5, 0.6) is 0 Å². The molecule has 7 nitrogen and oxygen atoms in total. The average Bonchev–Trinajstić information content (AvgIpc) is 3.19. The lowest BCUT2D eigenvalue weighted by Gasteiger charge is -2.25. The average molecular weight is 447 g/mol. The maximum absolute atomic E-state index is 13.4. The zero-order chi connectivity index (χ0) is 21.3. The fraction of sp³-hybridized carbons (Fsp3) is 0.200. The Labute approximate surface area is 177 Å². The molecule has 2 heterocycles. The van der Waals surface area contributed by atoms with Crippen molar-refractivity contribution in [1.82, 2.24) is 14.7 Å². The van der Waals surface area contributed by atoms with Gasteiger partial charge in [0.25, 0.3) is 5.91 Å². The zero-order valence-electron chi connectivity index (χ0n) is 15.9. The van der Waals surface area contributed by atoms with Gasteiger partial charge in [-0.3, -0.25) is 4.79 Å². The van der Waals surface area contributed by atoms with E-state index in [1.807, 2.05) is 0 Å². The van der Waals surface area contributed by atoms with Gasteiger partial charge in [0.2, 0.25) is 10.0 Å². The highest BCUT2D eigenvalue weighted by molar-refractivity contribution is 7.99. The number of carbonyl (C=O) groups is 1. The normalized spacial score (nSPS) is 14.7. The monoisotopic (exact) mass is 446 g/mol. The number of nitrogens with two attached hydrogens (primary N) is 1. The highest BCUT2D eigenvalue weighted by Crippen LogP contribution is 2.26. The van der Waals surface area contributed by atoms with E-state index in [4.69, 9.17) is 5.14 Å². The number of rotatable bonds is 4. The van der Waals surface area contributed by atoms with Crippen LogP contribution in [0, 0.1) is 5.82 Å². The molecule has 30 heavy (non-hydrogen) atoms. The van der Waals surface area contributed by atoms with Crippen molar-refractivity contribution in [2.75, 3.05) is 24.6 Å². The third kappa shape index (κ3) is 4.25. The molecule has 4 rings (SSSR count). The van der Waals surface area contributed by atoms with Gasteiger partial charge in [-0.1, -0.05) is 0 Å². The molecule has 1 aliphatic rings. The summed E-state index contributed by atoms with van der Waals surface area (Å²) in [4.78, 5) is 14.7. The molecule has 0 bridgehead atoms. The van der Waals surface area contributed by atoms with Crippen LogP contribution >= 0.6 is 11.8 Å². The van der Waals surface area contributed by atoms with Crippen molar-refractivity contribution in [3.05, 3.63) is 66.1 Å². The van der Waals surface area contributed by atoms with Gasteiger partial charge in [0.15, 0.2) is 5.69 Å². The van der Waals surface area contributed by atoms with Crippen molar-refractivity contribution in [1.29, 1.82) is 0 Å². The first-order chi connectivity index (χ1) is 14.3. The SMILES string of the molecule is NS(=O)(=O)c1ccc(-n2nc(C(=O)N3CCSCC3)cc2-c2ccc(F)cc2)cc1. The number of hydrogen-bond donors (Lipinski definition) is 1. The number of nitrogens with zero attached hydrogens (tertiary/aromatic N) is 3. The molecule has 1 saturated heterocycles. The lowest BCUT2D eigenvalue weighted by Crippen LogP contribution is -2.38. The molecule has 0 saturated carbocycles. The second-order valence-electron chi connectivity index (χ2n) is 6.78. The number of amides is 1. The van der Waals surface area contributed by atoms with Gasteiger partial charge in [-0.2, -0.15) is 16.9 Å². The van der Waals surface area contributed by atoms with Gasteiger partial charge in [-0.25, -0.2) is 22.6 Å². The van der Waals surface area contributed by atoms with E-state index in [1.54, 1.807) is 51.7 Å². The Morgan fingerprint density at radius 2 is 1.67 bits per heavy atom. The minimum absolute atomic E-state index is 0.0242. The maximum Gasteiger partial charge on any atom is 0.274 e. The van der Waals surface area contributed by atoms with Gasteiger partial charge in [0.1, 0.15) is 5.82 Å². The molecular formula is C20H19FN4O3S2. The van der Waals surface area contributed by atoms with E-state index in [2.05, 4.69) is 5.10 Å². The van der Waals surface area contributed by atoms with E-state index < -0.39 is 10.0 Å². The highest BCUT2D eigenvalue weighted by atomic mass is 32.2. The number of sulfonamides is 1. The van der Waals surface area contributed by atoms with Gasteiger partial charge in [-0.05, 0) is 54.6 Å². The summed E-state index contributed by atoms with van der Waals surface area (Å²) in [5.41, 5.74) is 2.09. The second kappa shape index (κ2) is 8.21. The summed E-state index contributed by atoms with van der Waals surface area (Å²) >= 11 is 1.80. The molecule has 0 spiro atoms. The fourth-order valence-corrected chi connectivity index (χ4v) is 4.63. The highest BCUT2D eigenvalue weighted by Gasteiger charge is 2.23. The largest absolute Gasteiger partial charge is 0.336 e. The number of thioether (sulfide) groups is 1. The van der Waals surface area contributed by atoms with Crippen LogP contribution < -0.4 is 5.14 Å². The second-order valence-corrected chi connectivity index (χ2v) is 9.56. The minimum atomic E-state index is -3.83. The van der Waals surface area contributed by atoms with E-state index in [-0.39, 0.29) is 22.3 Å². The molecule has 1 fully saturated rings. The van der Waals surface area contributed by atoms with E-state index in [9.17, 15) is 17.6 Å². The first kappa shape index (κ1) is 20.6. The van der Waals surface area contributed by atoms with E-state index in [1.165, 1.54) is 24.3 Å². The molecule has 0 unspecified atom stereocenters. The summed E-state index contributed by atoms with van der Waals surface area (Å²) in [6.45, 7) is 1.32. The molecule has 2 N–H and O–H groups in total. The van der Waals surface area contributed by atoms with Gasteiger partial charge in [0.05, 0.1) is 16.3 Å². The summed E-state index contributed by atoms with van der Waals surface area (Å²) in [5, 5.41) is 9.66. The van der Waals surface area contributed by atoms with Crippen molar-refractivity contribution < 1.29 is 17.6 Å². The number of primary sulfonamides is 1. The number of hydrogen-bond acceptors (Lipinski definition) is 5. The maximum atomic E-state index is 13.4. The lowest BCUT2D eigenvalue weighted by atomic mass is 10.1. The van der Waals surface area contributed by atoms with Gasteiger partial charge >= 0.3 is 0 Å². The molecule has 1 aliphatic heterocycles. The van der Waals surface area contributed by atoms with Crippen molar-refractivity contribution in [2.24, 2.45) is 5.14 Å². The summed E-state index contributed by atoms with van der Waals surface area (Å²) in [5.74, 6) is 1.22. The summed E-state index contributed by atoms with van der Waals surface area (Å²) < 4.78 is 38.0. The molecule has 10 heteroatoms. The summed E-state index contributed by atoms with van der Waals surface area (Å²) in [6.07, 6.45) is 0. The molecule has 1 amide bonds. The van der Waals surface area contributed by atoms with Gasteiger partial charge in [-0.15, -0.1) is 0 Å². The molecule has 1 aromatic heterocycles. The van der Waals surface area contributed by atoms with E-state index >= 15 is 0 Å². The molecule has 0 radical (unpaired) electrons. The topological polar surface area (TPSA) is 98.3 Å². The predicted octanol–water partition coefficient (Wildman–Crippen LogP) is 2.51. The Morgan fingerprint density at radius 3 is 2.27 bits per heavy atom. The fourth-order valence-electron chi connectivity index (χ4n) is 3.21. The van der Waals surface area contributed by atoms with Crippen LogP contribution in [0.2, 0.25) is 0 Å². The van der Waals surface area contributed by atoms with Gasteiger partial charge < -0.3 is 4.90 Å². The predicted molar refractivity (Wildman–Crippen MR) is 114 cm³/mol. The van der Waals surface area contributed by atoms with Crippen LogP contribution in [-0.2, 0) is 10.0 Å². The van der Waals surface area contributed by atoms with Crippen molar-refractivity contribution >= 4 is 27.7 Å². The minimum Gasteiger partial charge on any atom is -0.336 e. The van der Waals surface area contributed by atoms with Crippen LogP contribution in [0.15, 0.2) is 59.5 Å². The first-order valence-electron chi connectivity index (χ1n) is 9.19. The number of benzene rings is 2. The Kier molecular flexibility index (Phi) is 5.63. The Balaban J connectivity index is 1.78. The Morgan fingerprint density at radius 1 is 1.03 bits per heavy atom. The standard InChI is InChI=1S/C20H19FN4O3S2/c21-15-3-1-14(2-4-15)19-13-18(20(26)24-9-11-29-12-10-24)23-25(19)16-5-7-17(8-6-16)30(22,27)28/h1-8,13H,9-12H2,(H2,22,27,28). The smallest absolute Gasteiger partial charge is 0.274 e. The molecular weight excluding hydrogens is 427 g/mol. The summed E-state index contributed by atoms with van der Waals surface area (Å²) in [6, 6.07) is 13.4. The van der Waals surface area contributed by atoms with Crippen LogP contribution in [0.3, 0.4) is 0 Å². The molecule has 0 atom stereocenters. The van der Waals surface area contributed by atoms with E-state index in [0.717, 1.165) is 11.5 Å². The number of carbonyl (C=O) groups excluding carboxylic acids is 1. The van der Waals surface area contributed by atoms with Crippen LogP contribution in [0.1, 0.15) is 10.5 Å². The van der Waals surface area contributed by atoms with E-state index in [0.29, 0.717) is 30.0 Å². The van der Waals surface area contributed by atoms with Crippen LogP contribution in [0.4, 0.5) is 4.39 Å². The third-order valence-corrected chi connectivity index (χ3v) is 6.65. The molecule has 0 aliphatic carbocycles. The quantitative estimate of drug-likeness (QED) is 0.664. The first-order valence-corrected chi connectivity index (χ1v) is 11.9. The van der Waals surface area contributed by atoms with Crippen molar-refractivity contribution in [2.45, 2.75) is 4.90 Å². The van der Waals surface area contributed by atoms with Crippen molar-refractivity contribution in [3.63, 3.8) is 0 Å². The van der Waals surface area contributed by atoms with Gasteiger partial charge in [0, 0.05) is 30.2 Å². The summed E-state index contributed by atoms with van der Waals surface area (Å²) in [7, 11) is -3.83.